The molecule has 1 N–H and O–H groups in total. The number of hydrogen-bond donors (Lipinski definition) is 1. The number of carbonyl (C=O) groups excluding carboxylic acids is 1. The fourth-order valence-electron chi connectivity index (χ4n) is 3.14. The number of likely N-dealkylation sites (tertiary alicyclic amines) is 1. The van der Waals surface area contributed by atoms with Crippen LogP contribution in [0.5, 0.6) is 0 Å². The molecule has 2 aromatic rings. The van der Waals surface area contributed by atoms with Crippen molar-refractivity contribution in [3.8, 4) is 10.6 Å². The molecule has 1 fully saturated rings. The van der Waals surface area contributed by atoms with Crippen LogP contribution in [0.15, 0.2) is 29.6 Å². The van der Waals surface area contributed by atoms with Crippen LogP contribution >= 0.6 is 22.9 Å². The summed E-state index contributed by atoms with van der Waals surface area (Å²) in [6, 6.07) is 7.86. The van der Waals surface area contributed by atoms with Gasteiger partial charge in [-0.3, -0.25) is 4.79 Å². The second-order valence-electron chi connectivity index (χ2n) is 6.51. The number of halogens is 1. The Bertz CT molecular complexity index is 712. The predicted molar refractivity (Wildman–Crippen MR) is 104 cm³/mol. The first-order valence-electron chi connectivity index (χ1n) is 8.86. The van der Waals surface area contributed by atoms with Crippen molar-refractivity contribution < 1.29 is 4.79 Å². The van der Waals surface area contributed by atoms with E-state index in [9.17, 15) is 4.79 Å². The maximum absolute atomic E-state index is 12.4. The summed E-state index contributed by atoms with van der Waals surface area (Å²) in [5, 5.41) is 6.71. The quantitative estimate of drug-likeness (QED) is 0.793. The zero-order valence-electron chi connectivity index (χ0n) is 14.5. The molecule has 2 heterocycles. The second kappa shape index (κ2) is 8.79. The Morgan fingerprint density at radius 3 is 2.92 bits per heavy atom. The second-order valence-corrected chi connectivity index (χ2v) is 7.81. The van der Waals surface area contributed by atoms with Crippen molar-refractivity contribution in [2.45, 2.75) is 38.6 Å². The smallest absolute Gasteiger partial charge is 0.226 e. The molecule has 0 radical (unpaired) electrons. The van der Waals surface area contributed by atoms with Gasteiger partial charge in [0.25, 0.3) is 0 Å². The minimum Gasteiger partial charge on any atom is -0.352 e. The molecule has 1 atom stereocenters. The van der Waals surface area contributed by atoms with E-state index in [1.165, 1.54) is 12.8 Å². The average molecular weight is 378 g/mol. The lowest BCUT2D eigenvalue weighted by molar-refractivity contribution is -0.121. The van der Waals surface area contributed by atoms with Crippen molar-refractivity contribution in [1.29, 1.82) is 0 Å². The lowest BCUT2D eigenvalue weighted by atomic mass is 10.2. The summed E-state index contributed by atoms with van der Waals surface area (Å²) in [6.45, 7) is 5.39. The predicted octanol–water partition coefficient (Wildman–Crippen LogP) is 4.00. The lowest BCUT2D eigenvalue weighted by Gasteiger charge is -2.23. The van der Waals surface area contributed by atoms with Crippen LogP contribution in [-0.4, -0.2) is 41.5 Å². The van der Waals surface area contributed by atoms with Crippen LogP contribution in [0.1, 0.15) is 31.9 Å². The van der Waals surface area contributed by atoms with Crippen LogP contribution in [0.3, 0.4) is 0 Å². The van der Waals surface area contributed by atoms with Gasteiger partial charge < -0.3 is 10.2 Å². The van der Waals surface area contributed by atoms with Gasteiger partial charge in [-0.15, -0.1) is 11.3 Å². The molecule has 0 saturated carbocycles. The number of thiazole rings is 1. The summed E-state index contributed by atoms with van der Waals surface area (Å²) < 4.78 is 0. The molecule has 0 unspecified atom stereocenters. The van der Waals surface area contributed by atoms with E-state index in [1.807, 2.05) is 29.6 Å². The molecule has 6 heteroatoms. The van der Waals surface area contributed by atoms with E-state index in [2.05, 4.69) is 22.1 Å². The molecule has 1 aromatic heterocycles. The van der Waals surface area contributed by atoms with Crippen molar-refractivity contribution >= 4 is 28.8 Å². The van der Waals surface area contributed by atoms with E-state index >= 15 is 0 Å². The van der Waals surface area contributed by atoms with E-state index in [0.717, 1.165) is 42.3 Å². The highest BCUT2D eigenvalue weighted by atomic mass is 35.5. The number of rotatable bonds is 7. The van der Waals surface area contributed by atoms with Crippen LogP contribution in [0, 0.1) is 0 Å². The summed E-state index contributed by atoms with van der Waals surface area (Å²) in [6.07, 6.45) is 3.83. The zero-order chi connectivity index (χ0) is 17.6. The van der Waals surface area contributed by atoms with Crippen LogP contribution in [0.25, 0.3) is 10.6 Å². The Kier molecular flexibility index (Phi) is 6.45. The minimum absolute atomic E-state index is 0.0500. The van der Waals surface area contributed by atoms with Crippen LogP contribution in [0.4, 0.5) is 0 Å². The van der Waals surface area contributed by atoms with Crippen molar-refractivity contribution in [3.05, 3.63) is 40.4 Å². The molecule has 1 saturated heterocycles. The molecule has 1 amide bonds. The summed E-state index contributed by atoms with van der Waals surface area (Å²) >= 11 is 7.58. The number of carbonyl (C=O) groups is 1. The molecular weight excluding hydrogens is 354 g/mol. The highest BCUT2D eigenvalue weighted by Gasteiger charge is 2.18. The fraction of sp³-hybridized carbons (Fsp3) is 0.474. The van der Waals surface area contributed by atoms with Crippen LogP contribution < -0.4 is 5.32 Å². The van der Waals surface area contributed by atoms with Gasteiger partial charge in [0, 0.05) is 28.6 Å². The highest BCUT2D eigenvalue weighted by molar-refractivity contribution is 7.13. The van der Waals surface area contributed by atoms with E-state index in [1.54, 1.807) is 11.3 Å². The number of hydrogen-bond acceptors (Lipinski definition) is 4. The van der Waals surface area contributed by atoms with Crippen molar-refractivity contribution in [3.63, 3.8) is 0 Å². The first-order chi connectivity index (χ1) is 12.1. The van der Waals surface area contributed by atoms with Gasteiger partial charge in [0.05, 0.1) is 12.1 Å². The molecule has 3 rings (SSSR count). The Morgan fingerprint density at radius 1 is 1.40 bits per heavy atom. The molecular formula is C19H24ClN3OS. The standard InChI is InChI=1S/C19H24ClN3OS/c1-2-16(12-23-8-3-4-9-23)21-18(24)11-17-13-25-19(22-17)14-6-5-7-15(20)10-14/h5-7,10,13,16H,2-4,8-9,11-12H2,1H3,(H,21,24)/t16-/m1/s1. The first kappa shape index (κ1) is 18.4. The normalized spacial score (nSPS) is 16.1. The largest absolute Gasteiger partial charge is 0.352 e. The Labute approximate surface area is 158 Å². The van der Waals surface area contributed by atoms with Gasteiger partial charge in [0.15, 0.2) is 0 Å². The molecule has 0 spiro atoms. The SMILES string of the molecule is CC[C@H](CN1CCCC1)NC(=O)Cc1csc(-c2cccc(Cl)c2)n1. The molecule has 1 aromatic carbocycles. The van der Waals surface area contributed by atoms with E-state index in [4.69, 9.17) is 11.6 Å². The molecule has 25 heavy (non-hydrogen) atoms. The topological polar surface area (TPSA) is 45.2 Å². The van der Waals surface area contributed by atoms with Gasteiger partial charge >= 0.3 is 0 Å². The maximum atomic E-state index is 12.4. The van der Waals surface area contributed by atoms with Gasteiger partial charge in [-0.25, -0.2) is 4.98 Å². The molecule has 1 aliphatic heterocycles. The van der Waals surface area contributed by atoms with Crippen LogP contribution in [0.2, 0.25) is 5.02 Å². The molecule has 0 aliphatic carbocycles. The van der Waals surface area contributed by atoms with E-state index < -0.39 is 0 Å². The zero-order valence-corrected chi connectivity index (χ0v) is 16.1. The van der Waals surface area contributed by atoms with Crippen molar-refractivity contribution in [1.82, 2.24) is 15.2 Å². The number of amides is 1. The van der Waals surface area contributed by atoms with Gasteiger partial charge in [-0.1, -0.05) is 30.7 Å². The number of nitrogens with one attached hydrogen (secondary N) is 1. The first-order valence-corrected chi connectivity index (χ1v) is 10.1. The third kappa shape index (κ3) is 5.27. The Morgan fingerprint density at radius 2 is 2.20 bits per heavy atom. The maximum Gasteiger partial charge on any atom is 0.226 e. The fourth-order valence-corrected chi connectivity index (χ4v) is 4.15. The molecule has 1 aliphatic rings. The molecule has 134 valence electrons. The Hall–Kier alpha value is -1.43. The molecule has 4 nitrogen and oxygen atoms in total. The number of aromatic nitrogens is 1. The summed E-state index contributed by atoms with van der Waals surface area (Å²) in [4.78, 5) is 19.4. The summed E-state index contributed by atoms with van der Waals surface area (Å²) in [5.41, 5.74) is 1.80. The average Bonchev–Trinajstić information content (AvgIpc) is 3.26. The van der Waals surface area contributed by atoms with Crippen molar-refractivity contribution in [2.75, 3.05) is 19.6 Å². The number of nitrogens with zero attached hydrogens (tertiary/aromatic N) is 2. The van der Waals surface area contributed by atoms with E-state index in [0.29, 0.717) is 11.4 Å². The minimum atomic E-state index is 0.0500. The van der Waals surface area contributed by atoms with Gasteiger partial charge in [0.1, 0.15) is 5.01 Å². The monoisotopic (exact) mass is 377 g/mol. The summed E-state index contributed by atoms with van der Waals surface area (Å²) in [5.74, 6) is 0.0500. The summed E-state index contributed by atoms with van der Waals surface area (Å²) in [7, 11) is 0. The van der Waals surface area contributed by atoms with Gasteiger partial charge in [0.2, 0.25) is 5.91 Å². The number of benzene rings is 1. The molecule has 0 bridgehead atoms. The van der Waals surface area contributed by atoms with Crippen molar-refractivity contribution in [2.24, 2.45) is 0 Å². The Balaban J connectivity index is 1.55. The third-order valence-corrected chi connectivity index (χ3v) is 5.68. The third-order valence-electron chi connectivity index (χ3n) is 4.50. The van der Waals surface area contributed by atoms with Gasteiger partial charge in [-0.05, 0) is 44.5 Å². The van der Waals surface area contributed by atoms with E-state index in [-0.39, 0.29) is 11.9 Å². The lowest BCUT2D eigenvalue weighted by Crippen LogP contribution is -2.43. The van der Waals surface area contributed by atoms with Crippen LogP contribution in [-0.2, 0) is 11.2 Å². The highest BCUT2D eigenvalue weighted by Crippen LogP contribution is 2.26. The van der Waals surface area contributed by atoms with Gasteiger partial charge in [-0.2, -0.15) is 0 Å².